The summed E-state index contributed by atoms with van der Waals surface area (Å²) in [7, 11) is 0. The van der Waals surface area contributed by atoms with Gasteiger partial charge in [0.1, 0.15) is 16.6 Å². The third-order valence-electron chi connectivity index (χ3n) is 2.24. The molecule has 104 valence electrons. The summed E-state index contributed by atoms with van der Waals surface area (Å²) in [5, 5.41) is 8.72. The van der Waals surface area contributed by atoms with Gasteiger partial charge in [-0.15, -0.1) is 0 Å². The smallest absolute Gasteiger partial charge is 0.337 e. The lowest BCUT2D eigenvalue weighted by molar-refractivity contribution is 0.0696. The van der Waals surface area contributed by atoms with Gasteiger partial charge >= 0.3 is 5.97 Å². The summed E-state index contributed by atoms with van der Waals surface area (Å²) in [6, 6.07) is 3.58. The zero-order valence-corrected chi connectivity index (χ0v) is 12.6. The van der Waals surface area contributed by atoms with E-state index in [1.165, 1.54) is 12.1 Å². The molecule has 20 heavy (non-hydrogen) atoms. The SMILES string of the molecule is O=C(O)c1cnc(Oc2cc(F)c(Cl)cc2Br)c(Cl)c1. The maximum atomic E-state index is 13.4. The summed E-state index contributed by atoms with van der Waals surface area (Å²) in [5.74, 6) is -1.75. The van der Waals surface area contributed by atoms with E-state index in [0.717, 1.165) is 12.3 Å². The highest BCUT2D eigenvalue weighted by Crippen LogP contribution is 2.35. The quantitative estimate of drug-likeness (QED) is 0.778. The van der Waals surface area contributed by atoms with Crippen molar-refractivity contribution in [2.24, 2.45) is 0 Å². The number of aromatic nitrogens is 1. The summed E-state index contributed by atoms with van der Waals surface area (Å²) in [6.45, 7) is 0. The second-order valence-corrected chi connectivity index (χ2v) is 5.28. The molecule has 0 aliphatic carbocycles. The van der Waals surface area contributed by atoms with Crippen LogP contribution in [0.3, 0.4) is 0 Å². The van der Waals surface area contributed by atoms with Crippen LogP contribution >= 0.6 is 39.1 Å². The van der Waals surface area contributed by atoms with E-state index in [-0.39, 0.29) is 27.2 Å². The lowest BCUT2D eigenvalue weighted by atomic mass is 10.3. The molecule has 1 aromatic carbocycles. The average molecular weight is 381 g/mol. The van der Waals surface area contributed by atoms with E-state index in [0.29, 0.717) is 4.47 Å². The molecule has 0 saturated heterocycles. The standard InChI is InChI=1S/C12H5BrCl2FNO3/c13-6-2-7(14)9(16)3-10(6)20-11-8(15)1-5(4-17-11)12(18)19/h1-4H,(H,18,19). The normalized spacial score (nSPS) is 10.4. The van der Waals surface area contributed by atoms with Crippen LogP contribution in [0.1, 0.15) is 10.4 Å². The highest BCUT2D eigenvalue weighted by molar-refractivity contribution is 9.10. The Balaban J connectivity index is 2.35. The number of pyridine rings is 1. The number of carboxylic acid groups (broad SMARTS) is 1. The van der Waals surface area contributed by atoms with E-state index < -0.39 is 11.8 Å². The van der Waals surface area contributed by atoms with Gasteiger partial charge in [-0.2, -0.15) is 0 Å². The van der Waals surface area contributed by atoms with Crippen LogP contribution in [0.4, 0.5) is 4.39 Å². The van der Waals surface area contributed by atoms with Crippen LogP contribution in [-0.4, -0.2) is 16.1 Å². The second kappa shape index (κ2) is 5.95. The molecule has 0 amide bonds. The fourth-order valence-corrected chi connectivity index (χ4v) is 2.23. The van der Waals surface area contributed by atoms with E-state index in [9.17, 15) is 9.18 Å². The van der Waals surface area contributed by atoms with Crippen molar-refractivity contribution in [3.8, 4) is 11.6 Å². The fraction of sp³-hybridized carbons (Fsp3) is 0. The maximum Gasteiger partial charge on any atom is 0.337 e. The van der Waals surface area contributed by atoms with Crippen LogP contribution in [0, 0.1) is 5.82 Å². The maximum absolute atomic E-state index is 13.4. The number of ether oxygens (including phenoxy) is 1. The Bertz CT molecular complexity index is 697. The molecule has 0 atom stereocenters. The summed E-state index contributed by atoms with van der Waals surface area (Å²) in [5.41, 5.74) is -0.0799. The van der Waals surface area contributed by atoms with Gasteiger partial charge < -0.3 is 9.84 Å². The molecule has 0 spiro atoms. The van der Waals surface area contributed by atoms with Crippen LogP contribution in [-0.2, 0) is 0 Å². The number of hydrogen-bond acceptors (Lipinski definition) is 3. The molecule has 0 saturated carbocycles. The first-order chi connectivity index (χ1) is 9.38. The molecule has 0 aliphatic rings. The van der Waals surface area contributed by atoms with Crippen LogP contribution in [0.5, 0.6) is 11.6 Å². The summed E-state index contributed by atoms with van der Waals surface area (Å²) in [4.78, 5) is 14.5. The van der Waals surface area contributed by atoms with Crippen molar-refractivity contribution in [1.29, 1.82) is 0 Å². The molecule has 2 rings (SSSR count). The van der Waals surface area contributed by atoms with Crippen molar-refractivity contribution >= 4 is 45.1 Å². The van der Waals surface area contributed by atoms with Crippen molar-refractivity contribution in [2.45, 2.75) is 0 Å². The van der Waals surface area contributed by atoms with Crippen LogP contribution in [0.25, 0.3) is 0 Å². The van der Waals surface area contributed by atoms with Crippen molar-refractivity contribution in [3.05, 3.63) is 50.3 Å². The van der Waals surface area contributed by atoms with Gasteiger partial charge in [-0.05, 0) is 28.1 Å². The van der Waals surface area contributed by atoms with Gasteiger partial charge in [-0.1, -0.05) is 23.2 Å². The van der Waals surface area contributed by atoms with E-state index in [1.807, 2.05) is 0 Å². The predicted molar refractivity (Wildman–Crippen MR) is 75.4 cm³/mol. The highest BCUT2D eigenvalue weighted by Gasteiger charge is 2.13. The number of aromatic carboxylic acids is 1. The van der Waals surface area contributed by atoms with Crippen molar-refractivity contribution in [1.82, 2.24) is 4.98 Å². The topological polar surface area (TPSA) is 59.4 Å². The summed E-state index contributed by atoms with van der Waals surface area (Å²) < 4.78 is 19.1. The molecule has 0 aliphatic heterocycles. The molecule has 8 heteroatoms. The zero-order chi connectivity index (χ0) is 14.9. The van der Waals surface area contributed by atoms with Gasteiger partial charge in [0, 0.05) is 12.3 Å². The molecular weight excluding hydrogens is 376 g/mol. The number of benzene rings is 1. The first-order valence-electron chi connectivity index (χ1n) is 5.09. The van der Waals surface area contributed by atoms with E-state index >= 15 is 0 Å². The Morgan fingerprint density at radius 1 is 1.30 bits per heavy atom. The third kappa shape index (κ3) is 3.20. The minimum absolute atomic E-state index is 0.00726. The first-order valence-corrected chi connectivity index (χ1v) is 6.64. The van der Waals surface area contributed by atoms with Crippen LogP contribution < -0.4 is 4.74 Å². The molecule has 4 nitrogen and oxygen atoms in total. The van der Waals surface area contributed by atoms with E-state index in [4.69, 9.17) is 33.0 Å². The minimum Gasteiger partial charge on any atom is -0.478 e. The van der Waals surface area contributed by atoms with E-state index in [1.54, 1.807) is 0 Å². The first kappa shape index (κ1) is 15.0. The van der Waals surface area contributed by atoms with E-state index in [2.05, 4.69) is 20.9 Å². The van der Waals surface area contributed by atoms with Crippen LogP contribution in [0.15, 0.2) is 28.9 Å². The Labute approximate surface area is 131 Å². The molecule has 0 radical (unpaired) electrons. The van der Waals surface area contributed by atoms with Gasteiger partial charge in [-0.3, -0.25) is 0 Å². The van der Waals surface area contributed by atoms with Crippen LogP contribution in [0.2, 0.25) is 10.0 Å². The number of carboxylic acids is 1. The third-order valence-corrected chi connectivity index (χ3v) is 3.42. The number of hydrogen-bond donors (Lipinski definition) is 1. The molecule has 1 aromatic heterocycles. The van der Waals surface area contributed by atoms with Gasteiger partial charge in [0.15, 0.2) is 0 Å². The van der Waals surface area contributed by atoms with Gasteiger partial charge in [0.2, 0.25) is 5.88 Å². The monoisotopic (exact) mass is 379 g/mol. The lowest BCUT2D eigenvalue weighted by Gasteiger charge is -2.09. The minimum atomic E-state index is -1.16. The predicted octanol–water partition coefficient (Wildman–Crippen LogP) is 4.78. The Morgan fingerprint density at radius 2 is 2.00 bits per heavy atom. The number of halogens is 4. The average Bonchev–Trinajstić information content (AvgIpc) is 2.37. The van der Waals surface area contributed by atoms with Gasteiger partial charge in [0.25, 0.3) is 0 Å². The molecule has 0 unspecified atom stereocenters. The molecule has 2 aromatic rings. The number of nitrogens with zero attached hydrogens (tertiary/aromatic N) is 1. The summed E-state index contributed by atoms with van der Waals surface area (Å²) >= 11 is 14.6. The van der Waals surface area contributed by atoms with Gasteiger partial charge in [0.05, 0.1) is 15.1 Å². The molecule has 0 fully saturated rings. The second-order valence-electron chi connectivity index (χ2n) is 3.61. The van der Waals surface area contributed by atoms with Crippen molar-refractivity contribution in [2.75, 3.05) is 0 Å². The Kier molecular flexibility index (Phi) is 4.47. The molecule has 1 heterocycles. The number of rotatable bonds is 3. The number of carbonyl (C=O) groups is 1. The van der Waals surface area contributed by atoms with Crippen molar-refractivity contribution < 1.29 is 19.0 Å². The summed E-state index contributed by atoms with van der Waals surface area (Å²) in [6.07, 6.45) is 1.09. The van der Waals surface area contributed by atoms with Crippen molar-refractivity contribution in [3.63, 3.8) is 0 Å². The lowest BCUT2D eigenvalue weighted by Crippen LogP contribution is -1.99. The van der Waals surface area contributed by atoms with Gasteiger partial charge in [-0.25, -0.2) is 14.2 Å². The molecular formula is C12H5BrCl2FNO3. The molecule has 0 bridgehead atoms. The molecule has 1 N–H and O–H groups in total. The Morgan fingerprint density at radius 3 is 2.60 bits per heavy atom. The fourth-order valence-electron chi connectivity index (χ4n) is 1.30. The highest BCUT2D eigenvalue weighted by atomic mass is 79.9. The zero-order valence-electron chi connectivity index (χ0n) is 9.53. The largest absolute Gasteiger partial charge is 0.478 e. The Hall–Kier alpha value is -1.37.